The lowest BCUT2D eigenvalue weighted by molar-refractivity contribution is -0.143. The minimum absolute atomic E-state index is 0.0597. The van der Waals surface area contributed by atoms with Crippen LogP contribution in [0.1, 0.15) is 78.6 Å². The van der Waals surface area contributed by atoms with Crippen LogP contribution in [0.25, 0.3) is 0 Å². The minimum atomic E-state index is -0.0896. The van der Waals surface area contributed by atoms with Crippen LogP contribution in [0, 0.1) is 23.2 Å². The summed E-state index contributed by atoms with van der Waals surface area (Å²) in [5, 5.41) is 10.4. The molecule has 128 valence electrons. The highest BCUT2D eigenvalue weighted by Crippen LogP contribution is 2.56. The first-order chi connectivity index (χ1) is 10.5. The maximum Gasteiger partial charge on any atom is 0.305 e. The molecule has 2 rings (SSSR count). The van der Waals surface area contributed by atoms with E-state index in [2.05, 4.69) is 13.8 Å². The van der Waals surface area contributed by atoms with Gasteiger partial charge in [-0.25, -0.2) is 0 Å². The van der Waals surface area contributed by atoms with Gasteiger partial charge in [-0.15, -0.1) is 0 Å². The molecule has 0 aromatic rings. The highest BCUT2D eigenvalue weighted by Gasteiger charge is 2.49. The zero-order valence-electron chi connectivity index (χ0n) is 14.6. The van der Waals surface area contributed by atoms with Crippen molar-refractivity contribution in [3.63, 3.8) is 0 Å². The highest BCUT2D eigenvalue weighted by molar-refractivity contribution is 5.69. The van der Waals surface area contributed by atoms with Crippen molar-refractivity contribution in [1.82, 2.24) is 0 Å². The molecule has 0 aromatic heterocycles. The second-order valence-corrected chi connectivity index (χ2v) is 7.78. The van der Waals surface area contributed by atoms with Gasteiger partial charge in [-0.1, -0.05) is 26.7 Å². The molecular formula is C19H34O3. The number of carbonyl (C=O) groups excluding carboxylic acids is 1. The molecule has 22 heavy (non-hydrogen) atoms. The van der Waals surface area contributed by atoms with Crippen molar-refractivity contribution in [2.75, 3.05) is 6.61 Å². The van der Waals surface area contributed by atoms with Crippen LogP contribution in [0.2, 0.25) is 0 Å². The van der Waals surface area contributed by atoms with Crippen LogP contribution in [-0.4, -0.2) is 23.8 Å². The van der Waals surface area contributed by atoms with Crippen LogP contribution in [0.3, 0.4) is 0 Å². The molecular weight excluding hydrogens is 276 g/mol. The van der Waals surface area contributed by atoms with Crippen LogP contribution in [0.5, 0.6) is 0 Å². The lowest BCUT2D eigenvalue weighted by atomic mass is 9.52. The van der Waals surface area contributed by atoms with E-state index in [0.717, 1.165) is 19.3 Å². The number of fused-ring (bicyclic) bond motifs is 1. The van der Waals surface area contributed by atoms with Crippen molar-refractivity contribution in [2.45, 2.75) is 84.7 Å². The first kappa shape index (κ1) is 17.8. The average Bonchev–Trinajstić information content (AvgIpc) is 2.46. The lowest BCUT2D eigenvalue weighted by Gasteiger charge is -2.54. The van der Waals surface area contributed by atoms with Gasteiger partial charge in [0.05, 0.1) is 12.7 Å². The zero-order chi connectivity index (χ0) is 16.2. The number of aliphatic hydroxyl groups is 1. The molecule has 1 N–H and O–H groups in total. The molecule has 0 spiro atoms. The number of hydrogen-bond donors (Lipinski definition) is 1. The maximum absolute atomic E-state index is 11.5. The molecule has 0 saturated heterocycles. The van der Waals surface area contributed by atoms with Gasteiger partial charge >= 0.3 is 5.97 Å². The largest absolute Gasteiger partial charge is 0.466 e. The third-order valence-electron chi connectivity index (χ3n) is 6.44. The molecule has 2 aliphatic rings. The Hall–Kier alpha value is -0.570. The molecule has 0 amide bonds. The van der Waals surface area contributed by atoms with Gasteiger partial charge in [0.1, 0.15) is 0 Å². The molecule has 5 atom stereocenters. The van der Waals surface area contributed by atoms with Gasteiger partial charge < -0.3 is 9.84 Å². The quantitative estimate of drug-likeness (QED) is 0.743. The van der Waals surface area contributed by atoms with Gasteiger partial charge in [-0.05, 0) is 68.6 Å². The number of aliphatic hydroxyl groups excluding tert-OH is 1. The van der Waals surface area contributed by atoms with Crippen molar-refractivity contribution < 1.29 is 14.6 Å². The van der Waals surface area contributed by atoms with Crippen molar-refractivity contribution >= 4 is 5.97 Å². The smallest absolute Gasteiger partial charge is 0.305 e. The fourth-order valence-corrected chi connectivity index (χ4v) is 5.33. The Morgan fingerprint density at radius 2 is 2.09 bits per heavy atom. The van der Waals surface area contributed by atoms with Crippen molar-refractivity contribution in [1.29, 1.82) is 0 Å². The molecule has 0 aromatic carbocycles. The van der Waals surface area contributed by atoms with E-state index in [1.807, 2.05) is 6.92 Å². The SMILES string of the molecule is CCOC(=O)CCC[C@@H](C)[C@H]1CCC[C@@H]2[C@@H](O)CCC[C@]12C. The third-order valence-corrected chi connectivity index (χ3v) is 6.44. The van der Waals surface area contributed by atoms with Gasteiger partial charge in [0, 0.05) is 6.42 Å². The van der Waals surface area contributed by atoms with Crippen LogP contribution >= 0.6 is 0 Å². The summed E-state index contributed by atoms with van der Waals surface area (Å²) in [6.07, 6.45) is 9.66. The topological polar surface area (TPSA) is 46.5 Å². The Bertz CT molecular complexity index is 368. The summed E-state index contributed by atoms with van der Waals surface area (Å²) in [4.78, 5) is 11.5. The van der Waals surface area contributed by atoms with E-state index in [1.54, 1.807) is 0 Å². The summed E-state index contributed by atoms with van der Waals surface area (Å²) in [5.74, 6) is 1.76. The van der Waals surface area contributed by atoms with Gasteiger partial charge in [0.25, 0.3) is 0 Å². The Morgan fingerprint density at radius 3 is 2.82 bits per heavy atom. The Kier molecular flexibility index (Phi) is 6.31. The van der Waals surface area contributed by atoms with E-state index in [0.29, 0.717) is 36.2 Å². The van der Waals surface area contributed by atoms with Gasteiger partial charge in [0.15, 0.2) is 0 Å². The number of hydrogen-bond acceptors (Lipinski definition) is 3. The van der Waals surface area contributed by atoms with Crippen LogP contribution < -0.4 is 0 Å². The van der Waals surface area contributed by atoms with E-state index in [9.17, 15) is 9.90 Å². The predicted octanol–water partition coefficient (Wildman–Crippen LogP) is 4.32. The van der Waals surface area contributed by atoms with Crippen LogP contribution in [0.4, 0.5) is 0 Å². The molecule has 2 fully saturated rings. The monoisotopic (exact) mass is 310 g/mol. The fraction of sp³-hybridized carbons (Fsp3) is 0.947. The lowest BCUT2D eigenvalue weighted by Crippen LogP contribution is -2.49. The summed E-state index contributed by atoms with van der Waals surface area (Å²) in [5.41, 5.74) is 0.305. The second-order valence-electron chi connectivity index (χ2n) is 7.78. The zero-order valence-corrected chi connectivity index (χ0v) is 14.6. The minimum Gasteiger partial charge on any atom is -0.466 e. The standard InChI is InChI=1S/C19H34O3/c1-4-22-18(21)12-5-8-14(2)15-9-6-10-16-17(20)11-7-13-19(15,16)3/h14-17,20H,4-13H2,1-3H3/t14-,15-,16-,17+,19-/m1/s1. The molecule has 2 aliphatic carbocycles. The Balaban J connectivity index is 1.90. The molecule has 0 heterocycles. The van der Waals surface area contributed by atoms with Gasteiger partial charge in [-0.2, -0.15) is 0 Å². The molecule has 0 unspecified atom stereocenters. The van der Waals surface area contributed by atoms with Crippen molar-refractivity contribution in [3.05, 3.63) is 0 Å². The second kappa shape index (κ2) is 7.81. The van der Waals surface area contributed by atoms with Crippen molar-refractivity contribution in [3.8, 4) is 0 Å². The number of ether oxygens (including phenoxy) is 1. The van der Waals surface area contributed by atoms with Crippen LogP contribution in [-0.2, 0) is 9.53 Å². The first-order valence-electron chi connectivity index (χ1n) is 9.32. The fourth-order valence-electron chi connectivity index (χ4n) is 5.33. The van der Waals surface area contributed by atoms with E-state index >= 15 is 0 Å². The molecule has 0 radical (unpaired) electrons. The Labute approximate surface area is 135 Å². The molecule has 2 saturated carbocycles. The van der Waals surface area contributed by atoms with E-state index in [-0.39, 0.29) is 12.1 Å². The third kappa shape index (κ3) is 3.84. The van der Waals surface area contributed by atoms with E-state index in [4.69, 9.17) is 4.74 Å². The van der Waals surface area contributed by atoms with Gasteiger partial charge in [0.2, 0.25) is 0 Å². The average molecular weight is 310 g/mol. The van der Waals surface area contributed by atoms with Gasteiger partial charge in [-0.3, -0.25) is 4.79 Å². The molecule has 3 nitrogen and oxygen atoms in total. The number of esters is 1. The Morgan fingerprint density at radius 1 is 1.32 bits per heavy atom. The first-order valence-corrected chi connectivity index (χ1v) is 9.32. The summed E-state index contributed by atoms with van der Waals surface area (Å²) in [6, 6.07) is 0. The normalized spacial score (nSPS) is 36.5. The highest BCUT2D eigenvalue weighted by atomic mass is 16.5. The maximum atomic E-state index is 11.5. The summed E-state index contributed by atoms with van der Waals surface area (Å²) in [6.45, 7) is 7.11. The summed E-state index contributed by atoms with van der Waals surface area (Å²) < 4.78 is 5.02. The predicted molar refractivity (Wildman–Crippen MR) is 88.4 cm³/mol. The number of rotatable bonds is 6. The molecule has 0 aliphatic heterocycles. The van der Waals surface area contributed by atoms with E-state index < -0.39 is 0 Å². The number of carbonyl (C=O) groups is 1. The summed E-state index contributed by atoms with van der Waals surface area (Å²) in [7, 11) is 0. The summed E-state index contributed by atoms with van der Waals surface area (Å²) >= 11 is 0. The van der Waals surface area contributed by atoms with Crippen molar-refractivity contribution in [2.24, 2.45) is 23.2 Å². The molecule has 3 heteroatoms. The van der Waals surface area contributed by atoms with E-state index in [1.165, 1.54) is 32.1 Å². The molecule has 0 bridgehead atoms. The van der Waals surface area contributed by atoms with Crippen LogP contribution in [0.15, 0.2) is 0 Å².